The molecule has 1 unspecified atom stereocenters. The van der Waals surface area contributed by atoms with Crippen LogP contribution in [0.25, 0.3) is 0 Å². The van der Waals surface area contributed by atoms with Gasteiger partial charge >= 0.3 is 0 Å². The zero-order valence-electron chi connectivity index (χ0n) is 18.4. The van der Waals surface area contributed by atoms with E-state index in [2.05, 4.69) is 10.3 Å². The Morgan fingerprint density at radius 1 is 1.06 bits per heavy atom. The van der Waals surface area contributed by atoms with Crippen molar-refractivity contribution >= 4 is 34.0 Å². The van der Waals surface area contributed by atoms with Crippen LogP contribution in [0.5, 0.6) is 0 Å². The van der Waals surface area contributed by atoms with Crippen molar-refractivity contribution in [1.82, 2.24) is 9.88 Å². The molecule has 8 heteroatoms. The average Bonchev–Trinajstić information content (AvgIpc) is 3.40. The molecule has 1 aliphatic carbocycles. The predicted octanol–water partition coefficient (Wildman–Crippen LogP) is 4.22. The standard InChI is InChI=1S/C25H25FN4O2S/c1-16-6-8-17(9-7-16)23(31)28-25-27-22-18(10-11-21(22)33-25)24(32)30-14-12-29(13-15-30)20-5-3-2-4-19(20)26/h2-9,18H,10-15H2,1H3,(H,27,28,31). The van der Waals surface area contributed by atoms with Crippen LogP contribution < -0.4 is 10.2 Å². The van der Waals surface area contributed by atoms with Gasteiger partial charge in [0.25, 0.3) is 5.91 Å². The Kier molecular flexibility index (Phi) is 5.85. The lowest BCUT2D eigenvalue weighted by atomic mass is 10.1. The maximum atomic E-state index is 14.1. The van der Waals surface area contributed by atoms with Gasteiger partial charge in [0.05, 0.1) is 17.3 Å². The van der Waals surface area contributed by atoms with Crippen LogP contribution in [0.1, 0.15) is 38.8 Å². The highest BCUT2D eigenvalue weighted by molar-refractivity contribution is 7.16. The van der Waals surface area contributed by atoms with Gasteiger partial charge < -0.3 is 9.80 Å². The number of aryl methyl sites for hydroxylation is 2. The van der Waals surface area contributed by atoms with Gasteiger partial charge in [-0.15, -0.1) is 11.3 Å². The molecule has 0 spiro atoms. The number of piperazine rings is 1. The molecule has 33 heavy (non-hydrogen) atoms. The normalized spacial score (nSPS) is 17.7. The van der Waals surface area contributed by atoms with Crippen molar-refractivity contribution in [3.05, 3.63) is 76.0 Å². The molecule has 0 radical (unpaired) electrons. The Labute approximate surface area is 196 Å². The number of nitrogens with one attached hydrogen (secondary N) is 1. The average molecular weight is 465 g/mol. The van der Waals surface area contributed by atoms with Gasteiger partial charge in [0, 0.05) is 36.6 Å². The molecule has 1 aliphatic heterocycles. The van der Waals surface area contributed by atoms with Gasteiger partial charge in [-0.25, -0.2) is 9.37 Å². The van der Waals surface area contributed by atoms with Gasteiger partial charge in [-0.1, -0.05) is 29.8 Å². The quantitative estimate of drug-likeness (QED) is 0.628. The second-order valence-corrected chi connectivity index (χ2v) is 9.59. The fraction of sp³-hybridized carbons (Fsp3) is 0.320. The lowest BCUT2D eigenvalue weighted by molar-refractivity contribution is -0.133. The maximum Gasteiger partial charge on any atom is 0.257 e. The number of fused-ring (bicyclic) bond motifs is 1. The smallest absolute Gasteiger partial charge is 0.257 e. The highest BCUT2D eigenvalue weighted by atomic mass is 32.1. The first-order chi connectivity index (χ1) is 16.0. The molecular formula is C25H25FN4O2S. The molecule has 5 rings (SSSR count). The Hall–Kier alpha value is -3.26. The van der Waals surface area contributed by atoms with Crippen molar-refractivity contribution in [3.63, 3.8) is 0 Å². The van der Waals surface area contributed by atoms with Gasteiger partial charge in [-0.05, 0) is 44.0 Å². The van der Waals surface area contributed by atoms with Crippen molar-refractivity contribution in [3.8, 4) is 0 Å². The van der Waals surface area contributed by atoms with E-state index in [0.717, 1.165) is 29.0 Å². The lowest BCUT2D eigenvalue weighted by Crippen LogP contribution is -2.50. The number of hydrogen-bond acceptors (Lipinski definition) is 5. The van der Waals surface area contributed by atoms with Crippen LogP contribution in [-0.4, -0.2) is 47.9 Å². The zero-order valence-corrected chi connectivity index (χ0v) is 19.2. The minimum Gasteiger partial charge on any atom is -0.366 e. The number of hydrogen-bond donors (Lipinski definition) is 1. The molecule has 1 atom stereocenters. The van der Waals surface area contributed by atoms with E-state index in [1.807, 2.05) is 34.9 Å². The molecule has 1 N–H and O–H groups in total. The monoisotopic (exact) mass is 464 g/mol. The molecule has 170 valence electrons. The summed E-state index contributed by atoms with van der Waals surface area (Å²) in [6.45, 7) is 4.28. The van der Waals surface area contributed by atoms with Crippen LogP contribution in [-0.2, 0) is 11.2 Å². The van der Waals surface area contributed by atoms with E-state index in [1.165, 1.54) is 17.4 Å². The number of benzene rings is 2. The van der Waals surface area contributed by atoms with Crippen LogP contribution in [0.15, 0.2) is 48.5 Å². The third-order valence-electron chi connectivity index (χ3n) is 6.33. The lowest BCUT2D eigenvalue weighted by Gasteiger charge is -2.37. The van der Waals surface area contributed by atoms with Crippen LogP contribution in [0, 0.1) is 12.7 Å². The molecule has 1 fully saturated rings. The Morgan fingerprint density at radius 3 is 2.52 bits per heavy atom. The summed E-state index contributed by atoms with van der Waals surface area (Å²) < 4.78 is 14.1. The molecule has 2 aromatic carbocycles. The largest absolute Gasteiger partial charge is 0.366 e. The number of nitrogens with zero attached hydrogens (tertiary/aromatic N) is 3. The number of para-hydroxylation sites is 1. The number of anilines is 2. The first-order valence-electron chi connectivity index (χ1n) is 11.2. The van der Waals surface area contributed by atoms with Crippen LogP contribution in [0.2, 0.25) is 0 Å². The van der Waals surface area contributed by atoms with Crippen molar-refractivity contribution in [2.75, 3.05) is 36.4 Å². The van der Waals surface area contributed by atoms with E-state index >= 15 is 0 Å². The summed E-state index contributed by atoms with van der Waals surface area (Å²) in [6, 6.07) is 14.1. The molecule has 2 heterocycles. The van der Waals surface area contributed by atoms with Crippen molar-refractivity contribution < 1.29 is 14.0 Å². The van der Waals surface area contributed by atoms with Gasteiger partial charge in [0.2, 0.25) is 5.91 Å². The second kappa shape index (κ2) is 8.94. The summed E-state index contributed by atoms with van der Waals surface area (Å²) in [5, 5.41) is 3.41. The number of aromatic nitrogens is 1. The maximum absolute atomic E-state index is 14.1. The number of rotatable bonds is 4. The summed E-state index contributed by atoms with van der Waals surface area (Å²) in [4.78, 5) is 35.3. The Morgan fingerprint density at radius 2 is 1.79 bits per heavy atom. The van der Waals surface area contributed by atoms with Gasteiger partial charge in [-0.2, -0.15) is 0 Å². The Bertz CT molecular complexity index is 1190. The number of halogens is 1. The number of carbonyl (C=O) groups is 2. The molecular weight excluding hydrogens is 439 g/mol. The fourth-order valence-corrected chi connectivity index (χ4v) is 5.52. The topological polar surface area (TPSA) is 65.5 Å². The Balaban J connectivity index is 1.23. The molecule has 0 saturated carbocycles. The predicted molar refractivity (Wildman–Crippen MR) is 128 cm³/mol. The van der Waals surface area contributed by atoms with E-state index in [1.54, 1.807) is 24.3 Å². The summed E-state index contributed by atoms with van der Waals surface area (Å²) in [6.07, 6.45) is 1.53. The van der Waals surface area contributed by atoms with Crippen molar-refractivity contribution in [1.29, 1.82) is 0 Å². The van der Waals surface area contributed by atoms with Crippen LogP contribution in [0.4, 0.5) is 15.2 Å². The third kappa shape index (κ3) is 4.35. The fourth-order valence-electron chi connectivity index (χ4n) is 4.49. The number of carbonyl (C=O) groups excluding carboxylic acids is 2. The SMILES string of the molecule is Cc1ccc(C(=O)Nc2nc3c(s2)CCC3C(=O)N2CCN(c3ccccc3F)CC2)cc1. The van der Waals surface area contributed by atoms with Crippen molar-refractivity contribution in [2.24, 2.45) is 0 Å². The van der Waals surface area contributed by atoms with Crippen molar-refractivity contribution in [2.45, 2.75) is 25.7 Å². The van der Waals surface area contributed by atoms with E-state index in [0.29, 0.717) is 42.6 Å². The first kappa shape index (κ1) is 21.6. The molecule has 1 aromatic heterocycles. The number of thiazole rings is 1. The minimum absolute atomic E-state index is 0.0728. The summed E-state index contributed by atoms with van der Waals surface area (Å²) >= 11 is 1.45. The minimum atomic E-state index is -0.277. The van der Waals surface area contributed by atoms with Gasteiger partial charge in [-0.3, -0.25) is 14.9 Å². The molecule has 2 aliphatic rings. The molecule has 6 nitrogen and oxygen atoms in total. The molecule has 3 aromatic rings. The van der Waals surface area contributed by atoms with Crippen LogP contribution >= 0.6 is 11.3 Å². The molecule has 2 amide bonds. The molecule has 0 bridgehead atoms. The highest BCUT2D eigenvalue weighted by Gasteiger charge is 2.36. The third-order valence-corrected chi connectivity index (χ3v) is 7.38. The zero-order chi connectivity index (χ0) is 22.9. The van der Waals surface area contributed by atoms with E-state index in [9.17, 15) is 14.0 Å². The number of amides is 2. The van der Waals surface area contributed by atoms with E-state index in [4.69, 9.17) is 0 Å². The first-order valence-corrected chi connectivity index (χ1v) is 12.0. The van der Waals surface area contributed by atoms with Gasteiger partial charge in [0.15, 0.2) is 5.13 Å². The summed E-state index contributed by atoms with van der Waals surface area (Å²) in [5.74, 6) is -0.639. The van der Waals surface area contributed by atoms with Gasteiger partial charge in [0.1, 0.15) is 5.82 Å². The summed E-state index contributed by atoms with van der Waals surface area (Å²) in [5.41, 5.74) is 3.05. The van der Waals surface area contributed by atoms with Crippen LogP contribution in [0.3, 0.4) is 0 Å². The van der Waals surface area contributed by atoms with E-state index < -0.39 is 0 Å². The highest BCUT2D eigenvalue weighted by Crippen LogP contribution is 2.39. The second-order valence-electron chi connectivity index (χ2n) is 8.50. The molecule has 1 saturated heterocycles. The summed E-state index contributed by atoms with van der Waals surface area (Å²) in [7, 11) is 0. The van der Waals surface area contributed by atoms with E-state index in [-0.39, 0.29) is 23.5 Å².